The first kappa shape index (κ1) is 14.2. The predicted octanol–water partition coefficient (Wildman–Crippen LogP) is 2.57. The summed E-state index contributed by atoms with van der Waals surface area (Å²) < 4.78 is 5.39. The monoisotopic (exact) mass is 268 g/mol. The van der Waals surface area contributed by atoms with Crippen molar-refractivity contribution in [1.29, 1.82) is 5.26 Å². The third-order valence-electron chi connectivity index (χ3n) is 3.74. The van der Waals surface area contributed by atoms with E-state index in [0.717, 1.165) is 31.8 Å². The zero-order chi connectivity index (χ0) is 13.0. The number of rotatable bonds is 6. The van der Waals surface area contributed by atoms with Gasteiger partial charge in [-0.05, 0) is 45.4 Å². The van der Waals surface area contributed by atoms with Crippen LogP contribution in [0.15, 0.2) is 0 Å². The van der Waals surface area contributed by atoms with E-state index >= 15 is 0 Å². The molecule has 1 aliphatic heterocycles. The van der Waals surface area contributed by atoms with Gasteiger partial charge in [-0.25, -0.2) is 0 Å². The molecule has 1 aliphatic carbocycles. The standard InChI is InChI=1S/C14H24N2OS/c1-11(2)16-14(9-15,12-3-4-12)10-18-13-5-7-17-8-6-13/h11-13,16H,3-8,10H2,1-2H3. The highest BCUT2D eigenvalue weighted by Crippen LogP contribution is 2.42. The van der Waals surface area contributed by atoms with E-state index < -0.39 is 0 Å². The molecule has 2 rings (SSSR count). The quantitative estimate of drug-likeness (QED) is 0.804. The van der Waals surface area contributed by atoms with E-state index in [1.54, 1.807) is 0 Å². The minimum Gasteiger partial charge on any atom is -0.381 e. The molecule has 3 nitrogen and oxygen atoms in total. The van der Waals surface area contributed by atoms with Gasteiger partial charge < -0.3 is 4.74 Å². The molecule has 0 radical (unpaired) electrons. The maximum atomic E-state index is 9.61. The smallest absolute Gasteiger partial charge is 0.118 e. The molecule has 1 atom stereocenters. The van der Waals surface area contributed by atoms with Gasteiger partial charge in [0.15, 0.2) is 0 Å². The molecule has 0 bridgehead atoms. The van der Waals surface area contributed by atoms with E-state index in [-0.39, 0.29) is 5.54 Å². The maximum absolute atomic E-state index is 9.61. The Hall–Kier alpha value is -0.240. The molecule has 4 heteroatoms. The number of hydrogen-bond donors (Lipinski definition) is 1. The van der Waals surface area contributed by atoms with Crippen LogP contribution in [0.2, 0.25) is 0 Å². The van der Waals surface area contributed by atoms with E-state index in [1.807, 2.05) is 11.8 Å². The van der Waals surface area contributed by atoms with E-state index in [0.29, 0.717) is 17.2 Å². The van der Waals surface area contributed by atoms with Crippen LogP contribution in [0.5, 0.6) is 0 Å². The lowest BCUT2D eigenvalue weighted by Crippen LogP contribution is -2.52. The van der Waals surface area contributed by atoms with Gasteiger partial charge in [0.25, 0.3) is 0 Å². The molecule has 1 saturated heterocycles. The molecule has 0 amide bonds. The first-order chi connectivity index (χ1) is 8.66. The summed E-state index contributed by atoms with van der Waals surface area (Å²) in [5.74, 6) is 1.49. The van der Waals surface area contributed by atoms with Crippen molar-refractivity contribution in [3.8, 4) is 6.07 Å². The SMILES string of the molecule is CC(C)NC(C#N)(CSC1CCOCC1)C1CC1. The van der Waals surface area contributed by atoms with Gasteiger partial charge in [0.1, 0.15) is 5.54 Å². The molecule has 0 aromatic carbocycles. The van der Waals surface area contributed by atoms with Gasteiger partial charge in [0, 0.05) is 30.3 Å². The van der Waals surface area contributed by atoms with Crippen molar-refractivity contribution in [3.05, 3.63) is 0 Å². The number of nitrogens with zero attached hydrogens (tertiary/aromatic N) is 1. The normalized spacial score (nSPS) is 24.8. The van der Waals surface area contributed by atoms with Gasteiger partial charge >= 0.3 is 0 Å². The lowest BCUT2D eigenvalue weighted by Gasteiger charge is -2.32. The maximum Gasteiger partial charge on any atom is 0.118 e. The van der Waals surface area contributed by atoms with Gasteiger partial charge in [-0.15, -0.1) is 0 Å². The minimum absolute atomic E-state index is 0.295. The fraction of sp³-hybridized carbons (Fsp3) is 0.929. The molecule has 1 saturated carbocycles. The Kier molecular flexibility index (Phi) is 4.94. The number of hydrogen-bond acceptors (Lipinski definition) is 4. The largest absolute Gasteiger partial charge is 0.381 e. The Morgan fingerprint density at radius 2 is 2.00 bits per heavy atom. The Bertz CT molecular complexity index is 305. The summed E-state index contributed by atoms with van der Waals surface area (Å²) in [6, 6.07) is 2.96. The molecule has 0 spiro atoms. The molecule has 1 N–H and O–H groups in total. The van der Waals surface area contributed by atoms with Crippen molar-refractivity contribution in [2.75, 3.05) is 19.0 Å². The molecule has 0 aromatic rings. The van der Waals surface area contributed by atoms with Gasteiger partial charge in [-0.3, -0.25) is 5.32 Å². The van der Waals surface area contributed by atoms with E-state index in [4.69, 9.17) is 4.74 Å². The van der Waals surface area contributed by atoms with Crippen molar-refractivity contribution < 1.29 is 4.74 Å². The Morgan fingerprint density at radius 1 is 1.33 bits per heavy atom. The first-order valence-corrected chi connectivity index (χ1v) is 8.09. The number of ether oxygens (including phenoxy) is 1. The molecule has 18 heavy (non-hydrogen) atoms. The fourth-order valence-corrected chi connectivity index (χ4v) is 4.02. The zero-order valence-corrected chi connectivity index (χ0v) is 12.3. The van der Waals surface area contributed by atoms with Crippen LogP contribution in [0.1, 0.15) is 39.5 Å². The Balaban J connectivity index is 1.90. The van der Waals surface area contributed by atoms with Gasteiger partial charge in [0.2, 0.25) is 0 Å². The van der Waals surface area contributed by atoms with Crippen molar-refractivity contribution in [2.45, 2.75) is 56.4 Å². The summed E-state index contributed by atoms with van der Waals surface area (Å²) in [5.41, 5.74) is -0.295. The van der Waals surface area contributed by atoms with Crippen LogP contribution in [0.3, 0.4) is 0 Å². The van der Waals surface area contributed by atoms with Crippen LogP contribution in [-0.4, -0.2) is 35.8 Å². The van der Waals surface area contributed by atoms with Crippen LogP contribution in [0.4, 0.5) is 0 Å². The third kappa shape index (κ3) is 3.63. The predicted molar refractivity (Wildman–Crippen MR) is 75.6 cm³/mol. The number of thioether (sulfide) groups is 1. The lowest BCUT2D eigenvalue weighted by molar-refractivity contribution is 0.0999. The van der Waals surface area contributed by atoms with Gasteiger partial charge in [-0.2, -0.15) is 17.0 Å². The molecule has 2 fully saturated rings. The topological polar surface area (TPSA) is 45.0 Å². The average molecular weight is 268 g/mol. The summed E-state index contributed by atoms with van der Waals surface area (Å²) in [5, 5.41) is 13.8. The molecule has 1 heterocycles. The van der Waals surface area contributed by atoms with Crippen LogP contribution in [0, 0.1) is 17.2 Å². The van der Waals surface area contributed by atoms with Gasteiger partial charge in [-0.1, -0.05) is 0 Å². The second-order valence-corrected chi connectivity index (χ2v) is 7.07. The van der Waals surface area contributed by atoms with Crippen LogP contribution < -0.4 is 5.32 Å². The molecule has 2 aliphatic rings. The van der Waals surface area contributed by atoms with E-state index in [2.05, 4.69) is 25.2 Å². The van der Waals surface area contributed by atoms with Crippen LogP contribution in [-0.2, 0) is 4.74 Å². The molecule has 102 valence electrons. The highest BCUT2D eigenvalue weighted by Gasteiger charge is 2.46. The fourth-order valence-electron chi connectivity index (χ4n) is 2.62. The Labute approximate surface area is 115 Å². The lowest BCUT2D eigenvalue weighted by atomic mass is 9.96. The number of nitrogens with one attached hydrogen (secondary N) is 1. The first-order valence-electron chi connectivity index (χ1n) is 7.04. The van der Waals surface area contributed by atoms with Crippen LogP contribution >= 0.6 is 11.8 Å². The summed E-state index contributed by atoms with van der Waals surface area (Å²) in [6.07, 6.45) is 4.69. The van der Waals surface area contributed by atoms with Crippen molar-refractivity contribution in [3.63, 3.8) is 0 Å². The second-order valence-electron chi connectivity index (χ2n) is 5.78. The summed E-state index contributed by atoms with van der Waals surface area (Å²) in [7, 11) is 0. The summed E-state index contributed by atoms with van der Waals surface area (Å²) >= 11 is 1.97. The second kappa shape index (κ2) is 6.27. The Morgan fingerprint density at radius 3 is 2.50 bits per heavy atom. The third-order valence-corrected chi connectivity index (χ3v) is 5.30. The van der Waals surface area contributed by atoms with Gasteiger partial charge in [0.05, 0.1) is 6.07 Å². The van der Waals surface area contributed by atoms with E-state index in [1.165, 1.54) is 12.8 Å². The van der Waals surface area contributed by atoms with E-state index in [9.17, 15) is 5.26 Å². The highest BCUT2D eigenvalue weighted by molar-refractivity contribution is 8.00. The van der Waals surface area contributed by atoms with Crippen molar-refractivity contribution in [1.82, 2.24) is 5.32 Å². The molecule has 1 unspecified atom stereocenters. The highest BCUT2D eigenvalue weighted by atomic mass is 32.2. The average Bonchev–Trinajstić information content (AvgIpc) is 3.20. The van der Waals surface area contributed by atoms with Crippen molar-refractivity contribution in [2.24, 2.45) is 5.92 Å². The molecular weight excluding hydrogens is 244 g/mol. The zero-order valence-electron chi connectivity index (χ0n) is 11.4. The number of nitriles is 1. The van der Waals surface area contributed by atoms with Crippen molar-refractivity contribution >= 4 is 11.8 Å². The molecule has 0 aromatic heterocycles. The van der Waals surface area contributed by atoms with Crippen LogP contribution in [0.25, 0.3) is 0 Å². The summed E-state index contributed by atoms with van der Waals surface area (Å²) in [6.45, 7) is 6.04. The molecular formula is C14H24N2OS. The summed E-state index contributed by atoms with van der Waals surface area (Å²) in [4.78, 5) is 0. The minimum atomic E-state index is -0.295.